The number of hydrogen-bond acceptors (Lipinski definition) is 1. The summed E-state index contributed by atoms with van der Waals surface area (Å²) in [6.45, 7) is 7.65. The lowest BCUT2D eigenvalue weighted by molar-refractivity contribution is -0.927. The zero-order valence-corrected chi connectivity index (χ0v) is 15.4. The standard InChI is InChI=1S/C19H31N3S/c1-3-22(4-2)18(16-11-7-5-8-12-16)15-20-19(23)21-17-13-9-6-10-14-17/h5,7-8,11-12,17-18H,3-4,6,9-10,13-15H2,1-2H3,(H2,20,21,23)/p+1/t18-/m0/s1. The molecule has 4 heteroatoms. The predicted octanol–water partition coefficient (Wildman–Crippen LogP) is 2.45. The van der Waals surface area contributed by atoms with Crippen molar-refractivity contribution in [2.24, 2.45) is 0 Å². The summed E-state index contributed by atoms with van der Waals surface area (Å²) in [5, 5.41) is 7.81. The summed E-state index contributed by atoms with van der Waals surface area (Å²) < 4.78 is 0. The van der Waals surface area contributed by atoms with Crippen LogP contribution in [0.25, 0.3) is 0 Å². The molecule has 0 saturated heterocycles. The molecule has 0 unspecified atom stereocenters. The molecule has 1 fully saturated rings. The van der Waals surface area contributed by atoms with Crippen molar-refractivity contribution in [1.29, 1.82) is 0 Å². The number of likely N-dealkylation sites (N-methyl/N-ethyl adjacent to an activating group) is 1. The molecule has 3 nitrogen and oxygen atoms in total. The van der Waals surface area contributed by atoms with E-state index >= 15 is 0 Å². The van der Waals surface area contributed by atoms with Gasteiger partial charge in [-0.15, -0.1) is 0 Å². The largest absolute Gasteiger partial charge is 0.360 e. The molecule has 0 radical (unpaired) electrons. The maximum Gasteiger partial charge on any atom is 0.166 e. The van der Waals surface area contributed by atoms with Crippen LogP contribution in [-0.4, -0.2) is 30.8 Å². The highest BCUT2D eigenvalue weighted by atomic mass is 32.1. The summed E-state index contributed by atoms with van der Waals surface area (Å²) in [6, 6.07) is 11.8. The van der Waals surface area contributed by atoms with Gasteiger partial charge in [0.15, 0.2) is 5.11 Å². The van der Waals surface area contributed by atoms with Crippen LogP contribution in [0.4, 0.5) is 0 Å². The number of nitrogens with one attached hydrogen (secondary N) is 3. The first kappa shape index (κ1) is 18.2. The van der Waals surface area contributed by atoms with Crippen LogP contribution in [0.3, 0.4) is 0 Å². The molecule has 3 N–H and O–H groups in total. The van der Waals surface area contributed by atoms with Gasteiger partial charge in [-0.1, -0.05) is 49.6 Å². The van der Waals surface area contributed by atoms with Crippen molar-refractivity contribution in [3.05, 3.63) is 35.9 Å². The molecule has 0 amide bonds. The first-order valence-electron chi connectivity index (χ1n) is 9.18. The second kappa shape index (κ2) is 9.89. The van der Waals surface area contributed by atoms with Gasteiger partial charge < -0.3 is 15.5 Å². The van der Waals surface area contributed by atoms with Crippen LogP contribution in [-0.2, 0) is 0 Å². The van der Waals surface area contributed by atoms with Gasteiger partial charge in [0.1, 0.15) is 6.04 Å². The number of hydrogen-bond donors (Lipinski definition) is 3. The van der Waals surface area contributed by atoms with Crippen LogP contribution >= 0.6 is 12.2 Å². The highest BCUT2D eigenvalue weighted by molar-refractivity contribution is 7.80. The van der Waals surface area contributed by atoms with E-state index in [1.807, 2.05) is 0 Å². The summed E-state index contributed by atoms with van der Waals surface area (Å²) in [5.74, 6) is 0. The van der Waals surface area contributed by atoms with Crippen molar-refractivity contribution in [3.8, 4) is 0 Å². The van der Waals surface area contributed by atoms with Crippen LogP contribution in [0.15, 0.2) is 30.3 Å². The Bertz CT molecular complexity index is 453. The van der Waals surface area contributed by atoms with Gasteiger partial charge in [0.05, 0.1) is 19.6 Å². The van der Waals surface area contributed by atoms with Gasteiger partial charge in [0.2, 0.25) is 0 Å². The Kier molecular flexibility index (Phi) is 7.83. The predicted molar refractivity (Wildman–Crippen MR) is 102 cm³/mol. The zero-order valence-electron chi connectivity index (χ0n) is 14.6. The molecular weight excluding hydrogens is 302 g/mol. The molecule has 1 aliphatic carbocycles. The zero-order chi connectivity index (χ0) is 16.5. The average molecular weight is 335 g/mol. The van der Waals surface area contributed by atoms with Crippen molar-refractivity contribution in [1.82, 2.24) is 10.6 Å². The highest BCUT2D eigenvalue weighted by Gasteiger charge is 2.22. The average Bonchev–Trinajstić information content (AvgIpc) is 2.60. The summed E-state index contributed by atoms with van der Waals surface area (Å²) in [5.41, 5.74) is 1.39. The van der Waals surface area contributed by atoms with E-state index in [1.165, 1.54) is 37.7 Å². The smallest absolute Gasteiger partial charge is 0.166 e. The topological polar surface area (TPSA) is 28.5 Å². The van der Waals surface area contributed by atoms with Gasteiger partial charge in [-0.2, -0.15) is 0 Å². The maximum atomic E-state index is 5.53. The third-order valence-corrected chi connectivity index (χ3v) is 5.27. The van der Waals surface area contributed by atoms with Gasteiger partial charge in [0, 0.05) is 11.6 Å². The normalized spacial score (nSPS) is 17.0. The summed E-state index contributed by atoms with van der Waals surface area (Å²) in [4.78, 5) is 1.59. The Morgan fingerprint density at radius 3 is 2.39 bits per heavy atom. The molecule has 1 aliphatic rings. The molecular formula is C19H32N3S+. The molecule has 1 saturated carbocycles. The van der Waals surface area contributed by atoms with Crippen molar-refractivity contribution in [2.75, 3.05) is 19.6 Å². The molecule has 0 heterocycles. The Hall–Kier alpha value is -1.13. The Balaban J connectivity index is 1.91. The fourth-order valence-electron chi connectivity index (χ4n) is 3.60. The molecule has 0 aliphatic heterocycles. The summed E-state index contributed by atoms with van der Waals surface area (Å²) in [6.07, 6.45) is 6.54. The quantitative estimate of drug-likeness (QED) is 0.669. The van der Waals surface area contributed by atoms with Crippen LogP contribution in [0.1, 0.15) is 57.6 Å². The van der Waals surface area contributed by atoms with E-state index in [2.05, 4.69) is 54.8 Å². The van der Waals surface area contributed by atoms with Crippen LogP contribution in [0.5, 0.6) is 0 Å². The molecule has 0 aromatic heterocycles. The first-order chi connectivity index (χ1) is 11.2. The number of quaternary nitrogens is 1. The van der Waals surface area contributed by atoms with E-state index in [0.29, 0.717) is 12.1 Å². The highest BCUT2D eigenvalue weighted by Crippen LogP contribution is 2.17. The number of benzene rings is 1. The molecule has 23 heavy (non-hydrogen) atoms. The van der Waals surface area contributed by atoms with E-state index in [4.69, 9.17) is 12.2 Å². The van der Waals surface area contributed by atoms with Crippen molar-refractivity contribution in [3.63, 3.8) is 0 Å². The fraction of sp³-hybridized carbons (Fsp3) is 0.632. The molecule has 1 atom stereocenters. The van der Waals surface area contributed by atoms with E-state index in [9.17, 15) is 0 Å². The Morgan fingerprint density at radius 1 is 1.13 bits per heavy atom. The van der Waals surface area contributed by atoms with E-state index in [0.717, 1.165) is 24.7 Å². The molecule has 0 bridgehead atoms. The van der Waals surface area contributed by atoms with Gasteiger partial charge in [0.25, 0.3) is 0 Å². The summed E-state index contributed by atoms with van der Waals surface area (Å²) in [7, 11) is 0. The minimum atomic E-state index is 0.442. The SMILES string of the molecule is CC[NH+](CC)[C@@H](CNC(=S)NC1CCCCC1)c1ccccc1. The second-order valence-corrected chi connectivity index (χ2v) is 6.93. The van der Waals surface area contributed by atoms with Crippen LogP contribution < -0.4 is 15.5 Å². The van der Waals surface area contributed by atoms with Crippen molar-refractivity contribution >= 4 is 17.3 Å². The minimum Gasteiger partial charge on any atom is -0.360 e. The Morgan fingerprint density at radius 2 is 1.78 bits per heavy atom. The minimum absolute atomic E-state index is 0.442. The van der Waals surface area contributed by atoms with E-state index < -0.39 is 0 Å². The fourth-order valence-corrected chi connectivity index (χ4v) is 3.85. The number of thiocarbonyl (C=S) groups is 1. The van der Waals surface area contributed by atoms with E-state index in [-0.39, 0.29) is 0 Å². The second-order valence-electron chi connectivity index (χ2n) is 6.52. The van der Waals surface area contributed by atoms with Gasteiger partial charge in [-0.25, -0.2) is 0 Å². The molecule has 1 aromatic carbocycles. The monoisotopic (exact) mass is 334 g/mol. The summed E-state index contributed by atoms with van der Waals surface area (Å²) >= 11 is 5.53. The van der Waals surface area contributed by atoms with E-state index in [1.54, 1.807) is 4.90 Å². The molecule has 2 rings (SSSR count). The van der Waals surface area contributed by atoms with Gasteiger partial charge in [-0.3, -0.25) is 0 Å². The number of rotatable bonds is 7. The lowest BCUT2D eigenvalue weighted by Crippen LogP contribution is -3.12. The lowest BCUT2D eigenvalue weighted by atomic mass is 9.96. The van der Waals surface area contributed by atoms with Gasteiger partial charge in [-0.05, 0) is 38.9 Å². The van der Waals surface area contributed by atoms with Crippen molar-refractivity contribution in [2.45, 2.75) is 58.0 Å². The maximum absolute atomic E-state index is 5.53. The third-order valence-electron chi connectivity index (χ3n) is 5.01. The van der Waals surface area contributed by atoms with Gasteiger partial charge >= 0.3 is 0 Å². The molecule has 128 valence electrons. The molecule has 0 spiro atoms. The first-order valence-corrected chi connectivity index (χ1v) is 9.59. The lowest BCUT2D eigenvalue weighted by Gasteiger charge is -2.29. The Labute approximate surface area is 146 Å². The third kappa shape index (κ3) is 5.78. The van der Waals surface area contributed by atoms with Crippen molar-refractivity contribution < 1.29 is 4.90 Å². The van der Waals surface area contributed by atoms with Crippen LogP contribution in [0, 0.1) is 0 Å². The molecule has 1 aromatic rings. The van der Waals surface area contributed by atoms with Crippen LogP contribution in [0.2, 0.25) is 0 Å².